The molecule has 0 spiro atoms. The van der Waals surface area contributed by atoms with Crippen LogP contribution in [0.1, 0.15) is 23.2 Å². The lowest BCUT2D eigenvalue weighted by Crippen LogP contribution is -2.46. The summed E-state index contributed by atoms with van der Waals surface area (Å²) in [5.41, 5.74) is 5.70. The second kappa shape index (κ2) is 10.0. The van der Waals surface area contributed by atoms with Crippen molar-refractivity contribution in [2.75, 3.05) is 40.3 Å². The Bertz CT molecular complexity index is 770. The van der Waals surface area contributed by atoms with Crippen molar-refractivity contribution in [3.63, 3.8) is 0 Å². The summed E-state index contributed by atoms with van der Waals surface area (Å²) < 4.78 is 27.2. The molecule has 1 atom stereocenters. The summed E-state index contributed by atoms with van der Waals surface area (Å²) in [5, 5.41) is 2.71. The molecule has 3 N–H and O–H groups in total. The molecule has 0 bridgehead atoms. The lowest BCUT2D eigenvalue weighted by Gasteiger charge is -2.31. The third kappa shape index (κ3) is 5.65. The van der Waals surface area contributed by atoms with Crippen molar-refractivity contribution in [2.24, 2.45) is 11.7 Å². The van der Waals surface area contributed by atoms with Gasteiger partial charge < -0.3 is 16.0 Å². The molecule has 8 nitrogen and oxygen atoms in total. The van der Waals surface area contributed by atoms with Crippen molar-refractivity contribution >= 4 is 34.2 Å². The average Bonchev–Trinajstić information content (AvgIpc) is 2.65. The SMILES string of the molecule is CN(C)C(=O)c1cccc(S(=O)(=O)N2CCCC(C(=O)NCCN)C2)c1.Cl. The number of hydrogen-bond donors (Lipinski definition) is 2. The topological polar surface area (TPSA) is 113 Å². The summed E-state index contributed by atoms with van der Waals surface area (Å²) >= 11 is 0. The number of rotatable bonds is 6. The highest BCUT2D eigenvalue weighted by atomic mass is 35.5. The Balaban J connectivity index is 0.00000364. The van der Waals surface area contributed by atoms with Crippen molar-refractivity contribution in [3.05, 3.63) is 29.8 Å². The van der Waals surface area contributed by atoms with Crippen LogP contribution in [-0.4, -0.2) is 69.7 Å². The zero-order valence-corrected chi connectivity index (χ0v) is 17.2. The number of halogens is 1. The average molecular weight is 419 g/mol. The van der Waals surface area contributed by atoms with Crippen LogP contribution in [0.2, 0.25) is 0 Å². The maximum absolute atomic E-state index is 13.0. The maximum Gasteiger partial charge on any atom is 0.253 e. The van der Waals surface area contributed by atoms with Gasteiger partial charge in [0.1, 0.15) is 0 Å². The van der Waals surface area contributed by atoms with Crippen LogP contribution < -0.4 is 11.1 Å². The largest absolute Gasteiger partial charge is 0.355 e. The number of nitrogens with zero attached hydrogens (tertiary/aromatic N) is 2. The van der Waals surface area contributed by atoms with Crippen LogP contribution in [0, 0.1) is 5.92 Å². The van der Waals surface area contributed by atoms with Crippen molar-refractivity contribution in [3.8, 4) is 0 Å². The molecule has 1 aromatic rings. The molecule has 152 valence electrons. The fourth-order valence-electron chi connectivity index (χ4n) is 2.91. The number of carbonyl (C=O) groups excluding carboxylic acids is 2. The highest BCUT2D eigenvalue weighted by molar-refractivity contribution is 7.89. The Morgan fingerprint density at radius 3 is 2.67 bits per heavy atom. The number of benzene rings is 1. The van der Waals surface area contributed by atoms with E-state index in [1.165, 1.54) is 21.3 Å². The normalized spacial score (nSPS) is 17.7. The monoisotopic (exact) mass is 418 g/mol. The summed E-state index contributed by atoms with van der Waals surface area (Å²) in [7, 11) is -0.553. The van der Waals surface area contributed by atoms with Gasteiger partial charge in [-0.25, -0.2) is 8.42 Å². The van der Waals surface area contributed by atoms with Crippen molar-refractivity contribution in [1.29, 1.82) is 0 Å². The fourth-order valence-corrected chi connectivity index (χ4v) is 4.48. The Kier molecular flexibility index (Phi) is 8.67. The molecule has 2 amide bonds. The van der Waals surface area contributed by atoms with E-state index in [4.69, 9.17) is 5.73 Å². The molecule has 1 aliphatic heterocycles. The van der Waals surface area contributed by atoms with Crippen molar-refractivity contribution in [2.45, 2.75) is 17.7 Å². The highest BCUT2D eigenvalue weighted by Gasteiger charge is 2.33. The molecule has 1 saturated heterocycles. The second-order valence-corrected chi connectivity index (χ2v) is 8.45. The summed E-state index contributed by atoms with van der Waals surface area (Å²) in [4.78, 5) is 25.7. The number of carbonyl (C=O) groups is 2. The van der Waals surface area contributed by atoms with E-state index in [-0.39, 0.29) is 35.7 Å². The quantitative estimate of drug-likeness (QED) is 0.689. The number of sulfonamides is 1. The summed E-state index contributed by atoms with van der Waals surface area (Å²) in [6, 6.07) is 6.00. The molecule has 27 heavy (non-hydrogen) atoms. The Morgan fingerprint density at radius 2 is 2.04 bits per heavy atom. The number of amides is 2. The van der Waals surface area contributed by atoms with Gasteiger partial charge in [0.25, 0.3) is 5.91 Å². The maximum atomic E-state index is 13.0. The van der Waals surface area contributed by atoms with Gasteiger partial charge in [-0.2, -0.15) is 4.31 Å². The number of nitrogens with two attached hydrogens (primary N) is 1. The van der Waals surface area contributed by atoms with E-state index < -0.39 is 15.9 Å². The zero-order valence-electron chi connectivity index (χ0n) is 15.6. The molecule has 0 radical (unpaired) electrons. The van der Waals surface area contributed by atoms with E-state index in [1.807, 2.05) is 0 Å². The van der Waals surface area contributed by atoms with E-state index in [1.54, 1.807) is 26.2 Å². The minimum absolute atomic E-state index is 0. The second-order valence-electron chi connectivity index (χ2n) is 6.51. The van der Waals surface area contributed by atoms with Crippen molar-refractivity contribution < 1.29 is 18.0 Å². The molecule has 0 aliphatic carbocycles. The van der Waals surface area contributed by atoms with Crippen LogP contribution in [0.3, 0.4) is 0 Å². The third-order valence-electron chi connectivity index (χ3n) is 4.32. The van der Waals surface area contributed by atoms with E-state index >= 15 is 0 Å². The van der Waals surface area contributed by atoms with E-state index in [9.17, 15) is 18.0 Å². The molecular weight excluding hydrogens is 392 g/mol. The summed E-state index contributed by atoms with van der Waals surface area (Å²) in [5.74, 6) is -0.830. The Hall–Kier alpha value is -1.68. The fraction of sp³-hybridized carbons (Fsp3) is 0.529. The summed E-state index contributed by atoms with van der Waals surface area (Å²) in [6.07, 6.45) is 1.25. The molecule has 1 aromatic carbocycles. The van der Waals surface area contributed by atoms with Gasteiger partial charge >= 0.3 is 0 Å². The van der Waals surface area contributed by atoms with Crippen LogP contribution in [0.5, 0.6) is 0 Å². The highest BCUT2D eigenvalue weighted by Crippen LogP contribution is 2.24. The molecule has 10 heteroatoms. The minimum Gasteiger partial charge on any atom is -0.355 e. The molecule has 1 heterocycles. The van der Waals surface area contributed by atoms with E-state index in [0.717, 1.165) is 0 Å². The van der Waals surface area contributed by atoms with Crippen LogP contribution in [0.15, 0.2) is 29.2 Å². The zero-order chi connectivity index (χ0) is 19.3. The minimum atomic E-state index is -3.77. The standard InChI is InChI=1S/C17H26N4O4S.ClH/c1-20(2)17(23)13-5-3-7-15(11-13)26(24,25)21-10-4-6-14(12-21)16(22)19-9-8-18;/h3,5,7,11,14H,4,6,8-10,12,18H2,1-2H3,(H,19,22);1H. The Labute approximate surface area is 166 Å². The smallest absolute Gasteiger partial charge is 0.253 e. The predicted octanol–water partition coefficient (Wildman–Crippen LogP) is 0.286. The Morgan fingerprint density at radius 1 is 1.33 bits per heavy atom. The van der Waals surface area contributed by atoms with Gasteiger partial charge in [-0.15, -0.1) is 12.4 Å². The first kappa shape index (κ1) is 23.4. The third-order valence-corrected chi connectivity index (χ3v) is 6.18. The lowest BCUT2D eigenvalue weighted by molar-refractivity contribution is -0.126. The van der Waals surface area contributed by atoms with E-state index in [0.29, 0.717) is 38.0 Å². The molecular formula is C17H27ClN4O4S. The predicted molar refractivity (Wildman–Crippen MR) is 105 cm³/mol. The van der Waals surface area contributed by atoms with Crippen LogP contribution in [0.25, 0.3) is 0 Å². The van der Waals surface area contributed by atoms with Crippen LogP contribution in [-0.2, 0) is 14.8 Å². The van der Waals surface area contributed by atoms with Gasteiger partial charge in [0.05, 0.1) is 10.8 Å². The first-order valence-corrected chi connectivity index (χ1v) is 10.0. The molecule has 0 saturated carbocycles. The van der Waals surface area contributed by atoms with Gasteiger partial charge in [0, 0.05) is 45.8 Å². The summed E-state index contributed by atoms with van der Waals surface area (Å²) in [6.45, 7) is 1.20. The number of piperidine rings is 1. The lowest BCUT2D eigenvalue weighted by atomic mass is 9.99. The van der Waals surface area contributed by atoms with Crippen molar-refractivity contribution in [1.82, 2.24) is 14.5 Å². The van der Waals surface area contributed by atoms with Crippen LogP contribution >= 0.6 is 12.4 Å². The number of hydrogen-bond acceptors (Lipinski definition) is 5. The van der Waals surface area contributed by atoms with E-state index in [2.05, 4.69) is 5.32 Å². The van der Waals surface area contributed by atoms with Gasteiger partial charge in [-0.3, -0.25) is 9.59 Å². The van der Waals surface area contributed by atoms with Gasteiger partial charge in [0.2, 0.25) is 15.9 Å². The molecule has 2 rings (SSSR count). The first-order chi connectivity index (χ1) is 12.3. The first-order valence-electron chi connectivity index (χ1n) is 8.57. The molecule has 1 aliphatic rings. The number of nitrogens with one attached hydrogen (secondary N) is 1. The molecule has 1 fully saturated rings. The van der Waals surface area contributed by atoms with Crippen LogP contribution in [0.4, 0.5) is 0 Å². The van der Waals surface area contributed by atoms with Gasteiger partial charge in [-0.1, -0.05) is 6.07 Å². The van der Waals surface area contributed by atoms with Gasteiger partial charge in [0.15, 0.2) is 0 Å². The van der Waals surface area contributed by atoms with Gasteiger partial charge in [-0.05, 0) is 31.0 Å². The molecule has 1 unspecified atom stereocenters. The molecule has 0 aromatic heterocycles.